The highest BCUT2D eigenvalue weighted by atomic mass is 19.4. The number of benzene rings is 1. The maximum absolute atomic E-state index is 13.0. The van der Waals surface area contributed by atoms with Gasteiger partial charge in [-0.1, -0.05) is 0 Å². The molecule has 2 aliphatic heterocycles. The molecule has 1 atom stereocenters. The lowest BCUT2D eigenvalue weighted by atomic mass is 9.95. The van der Waals surface area contributed by atoms with Crippen LogP contribution in [0.4, 0.5) is 24.5 Å². The Bertz CT molecular complexity index is 1030. The molecule has 2 fully saturated rings. The largest absolute Gasteiger partial charge is 0.506 e. The fourth-order valence-electron chi connectivity index (χ4n) is 4.65. The van der Waals surface area contributed by atoms with Gasteiger partial charge in [-0.25, -0.2) is 0 Å². The molecule has 1 aliphatic carbocycles. The molecule has 6 nitrogen and oxygen atoms in total. The van der Waals surface area contributed by atoms with Gasteiger partial charge in [-0.05, 0) is 57.0 Å². The van der Waals surface area contributed by atoms with Crippen LogP contribution in [0, 0.1) is 0 Å². The number of halogens is 3. The number of hydrazine groups is 1. The standard InChI is InChI=1S/C22H24F3N5O/c1-29-9-5-15(11-21(29)6-7-21)28-17-13-27-30(18-4-8-26-12-16(17)18)19-3-2-14(10-20(19)31)22(23,24)25/h2-4,8,10,12-13,15,27-28,31H,5-7,9,11H2,1H3. The van der Waals surface area contributed by atoms with Gasteiger partial charge in [0.25, 0.3) is 0 Å². The van der Waals surface area contributed by atoms with Gasteiger partial charge >= 0.3 is 6.18 Å². The number of fused-ring (bicyclic) bond motifs is 1. The molecule has 0 bridgehead atoms. The highest BCUT2D eigenvalue weighted by Crippen LogP contribution is 2.48. The van der Waals surface area contributed by atoms with E-state index in [-0.39, 0.29) is 5.69 Å². The van der Waals surface area contributed by atoms with Crippen LogP contribution >= 0.6 is 0 Å². The molecule has 3 N–H and O–H groups in total. The zero-order chi connectivity index (χ0) is 21.8. The van der Waals surface area contributed by atoms with E-state index in [1.54, 1.807) is 29.7 Å². The minimum atomic E-state index is -4.52. The molecule has 1 saturated heterocycles. The first-order valence-corrected chi connectivity index (χ1v) is 10.4. The number of pyridine rings is 1. The molecule has 1 aromatic carbocycles. The van der Waals surface area contributed by atoms with Gasteiger partial charge in [0.1, 0.15) is 11.4 Å². The van der Waals surface area contributed by atoms with Gasteiger partial charge in [0, 0.05) is 42.3 Å². The number of alkyl halides is 3. The number of aromatic nitrogens is 1. The van der Waals surface area contributed by atoms with Crippen molar-refractivity contribution in [3.05, 3.63) is 54.0 Å². The number of hydrogen-bond acceptors (Lipinski definition) is 6. The second kappa shape index (κ2) is 7.05. The number of phenolic OH excluding ortho intramolecular Hbond substituents is 1. The summed E-state index contributed by atoms with van der Waals surface area (Å²) in [7, 11) is 2.19. The van der Waals surface area contributed by atoms with Crippen LogP contribution < -0.4 is 15.8 Å². The van der Waals surface area contributed by atoms with Gasteiger partial charge in [-0.2, -0.15) is 13.2 Å². The van der Waals surface area contributed by atoms with Crippen molar-refractivity contribution in [3.8, 4) is 5.75 Å². The van der Waals surface area contributed by atoms with Crippen LogP contribution in [-0.2, 0) is 6.18 Å². The molecule has 1 spiro atoms. The fraction of sp³-hybridized carbons (Fsp3) is 0.409. The second-order valence-electron chi connectivity index (χ2n) is 8.60. The van der Waals surface area contributed by atoms with E-state index in [0.717, 1.165) is 42.8 Å². The third-order valence-corrected chi connectivity index (χ3v) is 6.65. The van der Waals surface area contributed by atoms with E-state index >= 15 is 0 Å². The summed E-state index contributed by atoms with van der Waals surface area (Å²) in [5, 5.41) is 15.5. The van der Waals surface area contributed by atoms with E-state index in [4.69, 9.17) is 0 Å². The Balaban J connectivity index is 1.41. The van der Waals surface area contributed by atoms with E-state index in [0.29, 0.717) is 17.3 Å². The molecular formula is C22H24F3N5O. The quantitative estimate of drug-likeness (QED) is 0.684. The molecule has 164 valence electrons. The maximum atomic E-state index is 13.0. The van der Waals surface area contributed by atoms with Crippen molar-refractivity contribution >= 4 is 17.1 Å². The number of likely N-dealkylation sites (tertiary alicyclic amines) is 1. The van der Waals surface area contributed by atoms with Crippen molar-refractivity contribution in [3.63, 3.8) is 0 Å². The predicted octanol–water partition coefficient (Wildman–Crippen LogP) is 3.98. The highest BCUT2D eigenvalue weighted by Gasteiger charge is 2.49. The average molecular weight is 431 g/mol. The van der Waals surface area contributed by atoms with Crippen LogP contribution in [-0.4, -0.2) is 40.2 Å². The number of nitrogens with zero attached hydrogens (tertiary/aromatic N) is 3. The summed E-state index contributed by atoms with van der Waals surface area (Å²) in [4.78, 5) is 6.70. The minimum absolute atomic E-state index is 0.229. The third kappa shape index (κ3) is 3.56. The Morgan fingerprint density at radius 2 is 2.03 bits per heavy atom. The molecule has 9 heteroatoms. The van der Waals surface area contributed by atoms with Gasteiger partial charge in [0.15, 0.2) is 0 Å². The Labute approximate surface area is 178 Å². The number of anilines is 2. The normalized spacial score (nSPS) is 22.5. The first-order chi connectivity index (χ1) is 14.8. The van der Waals surface area contributed by atoms with Crippen LogP contribution in [0.3, 0.4) is 0 Å². The Morgan fingerprint density at radius 3 is 2.74 bits per heavy atom. The first-order valence-electron chi connectivity index (χ1n) is 10.4. The van der Waals surface area contributed by atoms with Gasteiger partial charge in [0.05, 0.1) is 16.9 Å². The van der Waals surface area contributed by atoms with Crippen molar-refractivity contribution < 1.29 is 18.3 Å². The van der Waals surface area contributed by atoms with Crippen molar-refractivity contribution in [2.75, 3.05) is 18.6 Å². The maximum Gasteiger partial charge on any atom is 0.416 e. The fourth-order valence-corrected chi connectivity index (χ4v) is 4.65. The minimum Gasteiger partial charge on any atom is -0.506 e. The highest BCUT2D eigenvalue weighted by molar-refractivity contribution is 5.83. The summed E-state index contributed by atoms with van der Waals surface area (Å²) in [6.07, 6.45) is 5.19. The smallest absolute Gasteiger partial charge is 0.416 e. The van der Waals surface area contributed by atoms with Crippen molar-refractivity contribution in [2.24, 2.45) is 0 Å². The van der Waals surface area contributed by atoms with Gasteiger partial charge < -0.3 is 15.3 Å². The summed E-state index contributed by atoms with van der Waals surface area (Å²) in [5.74, 6) is -0.458. The zero-order valence-electron chi connectivity index (χ0n) is 17.1. The number of hydrogen-bond donors (Lipinski definition) is 3. The molecular weight excluding hydrogens is 407 g/mol. The summed E-state index contributed by atoms with van der Waals surface area (Å²) in [5.41, 5.74) is 5.17. The van der Waals surface area contributed by atoms with Crippen LogP contribution in [0.1, 0.15) is 36.8 Å². The number of aromatic hydroxyl groups is 1. The molecule has 0 radical (unpaired) electrons. The second-order valence-corrected chi connectivity index (χ2v) is 8.60. The van der Waals surface area contributed by atoms with Crippen LogP contribution in [0.15, 0.2) is 42.9 Å². The lowest BCUT2D eigenvalue weighted by Crippen LogP contribution is -2.48. The molecule has 31 heavy (non-hydrogen) atoms. The molecule has 1 aromatic heterocycles. The molecule has 3 aliphatic rings. The third-order valence-electron chi connectivity index (χ3n) is 6.65. The van der Waals surface area contributed by atoms with Gasteiger partial charge in [0.2, 0.25) is 0 Å². The Hall–Kier alpha value is -2.94. The van der Waals surface area contributed by atoms with E-state index in [1.165, 1.54) is 18.9 Å². The number of rotatable bonds is 3. The Morgan fingerprint density at radius 1 is 1.23 bits per heavy atom. The monoisotopic (exact) mass is 431 g/mol. The predicted molar refractivity (Wildman–Crippen MR) is 111 cm³/mol. The van der Waals surface area contributed by atoms with E-state index in [9.17, 15) is 18.3 Å². The summed E-state index contributed by atoms with van der Waals surface area (Å²) in [6, 6.07) is 5.07. The Kier molecular flexibility index (Phi) is 4.55. The molecule has 3 heterocycles. The number of phenols is 1. The van der Waals surface area contributed by atoms with E-state index in [1.807, 2.05) is 0 Å². The number of nitrogens with one attached hydrogen (secondary N) is 2. The molecule has 1 saturated carbocycles. The zero-order valence-corrected chi connectivity index (χ0v) is 17.1. The lowest BCUT2D eigenvalue weighted by molar-refractivity contribution is -0.137. The summed E-state index contributed by atoms with van der Waals surface area (Å²) < 4.78 is 38.9. The molecule has 5 rings (SSSR count). The molecule has 1 unspecified atom stereocenters. The van der Waals surface area contributed by atoms with E-state index < -0.39 is 17.5 Å². The van der Waals surface area contributed by atoms with Crippen LogP contribution in [0.2, 0.25) is 0 Å². The van der Waals surface area contributed by atoms with Crippen molar-refractivity contribution in [1.82, 2.24) is 20.6 Å². The lowest BCUT2D eigenvalue weighted by Gasteiger charge is -2.40. The van der Waals surface area contributed by atoms with Crippen LogP contribution in [0.25, 0.3) is 5.70 Å². The first kappa shape index (κ1) is 20.0. The number of piperidine rings is 1. The molecule has 0 amide bonds. The van der Waals surface area contributed by atoms with Crippen molar-refractivity contribution in [2.45, 2.75) is 43.4 Å². The van der Waals surface area contributed by atoms with E-state index in [2.05, 4.69) is 27.7 Å². The SMILES string of the molecule is CN1CCC(NC2=CNN(c3ccc(C(F)(F)F)cc3O)c3ccncc32)CC12CC2. The average Bonchev–Trinajstić information content (AvgIpc) is 3.51. The van der Waals surface area contributed by atoms with Gasteiger partial charge in [-0.3, -0.25) is 15.4 Å². The van der Waals surface area contributed by atoms with Gasteiger partial charge in [-0.15, -0.1) is 0 Å². The topological polar surface area (TPSA) is 63.7 Å². The van der Waals surface area contributed by atoms with Crippen molar-refractivity contribution in [1.29, 1.82) is 0 Å². The van der Waals surface area contributed by atoms with Crippen LogP contribution in [0.5, 0.6) is 5.75 Å². The molecule has 2 aromatic rings. The summed E-state index contributed by atoms with van der Waals surface area (Å²) >= 11 is 0. The summed E-state index contributed by atoms with van der Waals surface area (Å²) in [6.45, 7) is 1.05.